The SMILES string of the molecule is Cc1cc(Br)ccc1N/C=C(\C#N)c1nc(-c2ccc(Cl)cc2)cs1. The number of halogens is 2. The average Bonchev–Trinajstić information content (AvgIpc) is 3.07. The molecule has 25 heavy (non-hydrogen) atoms. The summed E-state index contributed by atoms with van der Waals surface area (Å²) in [6.07, 6.45) is 1.70. The quantitative estimate of drug-likeness (QED) is 0.480. The van der Waals surface area contributed by atoms with Crippen molar-refractivity contribution in [1.82, 2.24) is 4.98 Å². The van der Waals surface area contributed by atoms with Crippen molar-refractivity contribution in [3.63, 3.8) is 0 Å². The summed E-state index contributed by atoms with van der Waals surface area (Å²) in [5.41, 5.74) is 4.33. The zero-order valence-electron chi connectivity index (χ0n) is 13.3. The molecule has 2 aromatic carbocycles. The van der Waals surface area contributed by atoms with Crippen molar-refractivity contribution in [2.75, 3.05) is 5.32 Å². The molecule has 1 aromatic heterocycles. The molecule has 0 aliphatic heterocycles. The molecule has 0 bridgehead atoms. The summed E-state index contributed by atoms with van der Waals surface area (Å²) in [6.45, 7) is 2.01. The lowest BCUT2D eigenvalue weighted by Gasteiger charge is -2.06. The van der Waals surface area contributed by atoms with Crippen LogP contribution in [-0.4, -0.2) is 4.98 Å². The van der Waals surface area contributed by atoms with E-state index in [4.69, 9.17) is 11.6 Å². The second-order valence-corrected chi connectivity index (χ2v) is 7.53. The first-order chi connectivity index (χ1) is 12.1. The molecule has 0 spiro atoms. The number of hydrogen-bond acceptors (Lipinski definition) is 4. The van der Waals surface area contributed by atoms with E-state index < -0.39 is 0 Å². The van der Waals surface area contributed by atoms with Crippen molar-refractivity contribution in [3.05, 3.63) is 74.1 Å². The number of rotatable bonds is 4. The third-order valence-corrected chi connectivity index (χ3v) is 5.18. The molecule has 6 heteroatoms. The molecule has 0 aliphatic rings. The van der Waals surface area contributed by atoms with Gasteiger partial charge in [-0.05, 0) is 42.8 Å². The average molecular weight is 431 g/mol. The standard InChI is InChI=1S/C19H13BrClN3S/c1-12-8-15(20)4-7-17(12)23-10-14(9-22)19-24-18(11-25-19)13-2-5-16(21)6-3-13/h2-8,10-11,23H,1H3/b14-10+. The lowest BCUT2D eigenvalue weighted by atomic mass is 10.2. The number of benzene rings is 2. The van der Waals surface area contributed by atoms with Gasteiger partial charge in [0.1, 0.15) is 16.6 Å². The Morgan fingerprint density at radius 2 is 2.04 bits per heavy atom. The van der Waals surface area contributed by atoms with Crippen molar-refractivity contribution in [3.8, 4) is 17.3 Å². The van der Waals surface area contributed by atoms with Crippen LogP contribution in [0.2, 0.25) is 5.02 Å². The highest BCUT2D eigenvalue weighted by atomic mass is 79.9. The number of nitrogens with zero attached hydrogens (tertiary/aromatic N) is 2. The van der Waals surface area contributed by atoms with Crippen LogP contribution in [0.3, 0.4) is 0 Å². The molecule has 3 nitrogen and oxygen atoms in total. The summed E-state index contributed by atoms with van der Waals surface area (Å²) < 4.78 is 1.02. The molecule has 0 saturated carbocycles. The van der Waals surface area contributed by atoms with Crippen molar-refractivity contribution in [2.45, 2.75) is 6.92 Å². The van der Waals surface area contributed by atoms with E-state index in [0.717, 1.165) is 27.0 Å². The second-order valence-electron chi connectivity index (χ2n) is 5.32. The maximum absolute atomic E-state index is 9.47. The number of allylic oxidation sites excluding steroid dienone is 1. The van der Waals surface area contributed by atoms with Crippen molar-refractivity contribution < 1.29 is 0 Å². The minimum atomic E-state index is 0.493. The van der Waals surface area contributed by atoms with Gasteiger partial charge in [-0.25, -0.2) is 4.98 Å². The highest BCUT2D eigenvalue weighted by molar-refractivity contribution is 9.10. The van der Waals surface area contributed by atoms with Crippen LogP contribution in [0.5, 0.6) is 0 Å². The maximum atomic E-state index is 9.47. The Labute approximate surface area is 163 Å². The second kappa shape index (κ2) is 7.83. The summed E-state index contributed by atoms with van der Waals surface area (Å²) in [7, 11) is 0. The normalized spacial score (nSPS) is 11.2. The number of nitriles is 1. The maximum Gasteiger partial charge on any atom is 0.136 e. The summed E-state index contributed by atoms with van der Waals surface area (Å²) in [6, 6.07) is 15.6. The Hall–Kier alpha value is -2.13. The van der Waals surface area contributed by atoms with Crippen LogP contribution in [-0.2, 0) is 0 Å². The van der Waals surface area contributed by atoms with Crippen LogP contribution in [0.4, 0.5) is 5.69 Å². The highest BCUT2D eigenvalue weighted by Crippen LogP contribution is 2.27. The molecule has 0 fully saturated rings. The summed E-state index contributed by atoms with van der Waals surface area (Å²) in [5.74, 6) is 0. The lowest BCUT2D eigenvalue weighted by Crippen LogP contribution is -1.93. The van der Waals surface area contributed by atoms with Crippen molar-refractivity contribution in [2.24, 2.45) is 0 Å². The van der Waals surface area contributed by atoms with E-state index in [9.17, 15) is 5.26 Å². The molecule has 0 amide bonds. The zero-order valence-corrected chi connectivity index (χ0v) is 16.4. The predicted molar refractivity (Wildman–Crippen MR) is 109 cm³/mol. The minimum absolute atomic E-state index is 0.493. The Kier molecular flexibility index (Phi) is 5.54. The first-order valence-electron chi connectivity index (χ1n) is 7.41. The van der Waals surface area contributed by atoms with Gasteiger partial charge in [0.2, 0.25) is 0 Å². The summed E-state index contributed by atoms with van der Waals surface area (Å²) >= 11 is 10.8. The van der Waals surface area contributed by atoms with E-state index in [1.165, 1.54) is 11.3 Å². The molecule has 0 aliphatic carbocycles. The fourth-order valence-electron chi connectivity index (χ4n) is 2.23. The fourth-order valence-corrected chi connectivity index (χ4v) is 3.63. The molecule has 1 N–H and O–H groups in total. The van der Waals surface area contributed by atoms with Crippen LogP contribution < -0.4 is 5.32 Å². The van der Waals surface area contributed by atoms with Gasteiger partial charge in [-0.2, -0.15) is 5.26 Å². The monoisotopic (exact) mass is 429 g/mol. The Morgan fingerprint density at radius 1 is 1.28 bits per heavy atom. The molecule has 0 atom stereocenters. The van der Waals surface area contributed by atoms with Crippen LogP contribution in [0.1, 0.15) is 10.6 Å². The van der Waals surface area contributed by atoms with Gasteiger partial charge in [-0.1, -0.05) is 39.7 Å². The molecule has 0 radical (unpaired) electrons. The Bertz CT molecular complexity index is 971. The van der Waals surface area contributed by atoms with Crippen molar-refractivity contribution in [1.29, 1.82) is 5.26 Å². The van der Waals surface area contributed by atoms with Gasteiger partial charge >= 0.3 is 0 Å². The molecular weight excluding hydrogens is 418 g/mol. The van der Waals surface area contributed by atoms with Crippen LogP contribution in [0.15, 0.2) is 58.5 Å². The van der Waals surface area contributed by atoms with E-state index in [1.54, 1.807) is 6.20 Å². The molecule has 3 rings (SSSR count). The molecule has 1 heterocycles. The number of aryl methyl sites for hydroxylation is 1. The molecule has 3 aromatic rings. The number of hydrogen-bond donors (Lipinski definition) is 1. The Morgan fingerprint density at radius 3 is 2.72 bits per heavy atom. The topological polar surface area (TPSA) is 48.7 Å². The third-order valence-electron chi connectivity index (χ3n) is 3.56. The first kappa shape index (κ1) is 17.7. The van der Waals surface area contributed by atoms with Gasteiger partial charge < -0.3 is 5.32 Å². The van der Waals surface area contributed by atoms with Gasteiger partial charge in [-0.15, -0.1) is 11.3 Å². The van der Waals surface area contributed by atoms with Crippen LogP contribution in [0.25, 0.3) is 16.8 Å². The lowest BCUT2D eigenvalue weighted by molar-refractivity contribution is 1.36. The number of thiazole rings is 1. The van der Waals surface area contributed by atoms with E-state index in [0.29, 0.717) is 15.6 Å². The van der Waals surface area contributed by atoms with E-state index in [2.05, 4.69) is 32.3 Å². The largest absolute Gasteiger partial charge is 0.360 e. The van der Waals surface area contributed by atoms with E-state index >= 15 is 0 Å². The van der Waals surface area contributed by atoms with E-state index in [-0.39, 0.29) is 0 Å². The zero-order chi connectivity index (χ0) is 17.8. The van der Waals surface area contributed by atoms with E-state index in [1.807, 2.05) is 54.8 Å². The molecular formula is C19H13BrClN3S. The highest BCUT2D eigenvalue weighted by Gasteiger charge is 2.09. The smallest absolute Gasteiger partial charge is 0.136 e. The molecule has 0 unspecified atom stereocenters. The molecule has 0 saturated heterocycles. The summed E-state index contributed by atoms with van der Waals surface area (Å²) in [4.78, 5) is 4.57. The van der Waals surface area contributed by atoms with Crippen molar-refractivity contribution >= 4 is 50.1 Å². The van der Waals surface area contributed by atoms with Crippen LogP contribution in [0, 0.1) is 18.3 Å². The number of anilines is 1. The third kappa shape index (κ3) is 4.29. The summed E-state index contributed by atoms with van der Waals surface area (Å²) in [5, 5.41) is 16.0. The van der Waals surface area contributed by atoms with Crippen LogP contribution >= 0.6 is 38.9 Å². The fraction of sp³-hybridized carbons (Fsp3) is 0.0526. The van der Waals surface area contributed by atoms with Gasteiger partial charge in [0.25, 0.3) is 0 Å². The van der Waals surface area contributed by atoms with Gasteiger partial charge in [0, 0.05) is 32.3 Å². The number of aromatic nitrogens is 1. The van der Waals surface area contributed by atoms with Gasteiger partial charge in [0.05, 0.1) is 5.69 Å². The van der Waals surface area contributed by atoms with Gasteiger partial charge in [0.15, 0.2) is 0 Å². The first-order valence-corrected chi connectivity index (χ1v) is 9.46. The Balaban J connectivity index is 1.84. The number of nitrogens with one attached hydrogen (secondary N) is 1. The predicted octanol–water partition coefficient (Wildman–Crippen LogP) is 6.51. The minimum Gasteiger partial charge on any atom is -0.360 e. The molecule has 124 valence electrons. The van der Waals surface area contributed by atoms with Gasteiger partial charge in [-0.3, -0.25) is 0 Å².